The van der Waals surface area contributed by atoms with Gasteiger partial charge in [-0.3, -0.25) is 9.59 Å². The standard InChI is InChI=1S/C11H14N4O2/c1-6-3-8-10(12-4-6)15-9(14-7(2)16)5-13-11(8)17/h5-6,12H,3-4H2,1-2H3,(H,14,15,16). The molecule has 1 atom stereocenters. The molecule has 6 nitrogen and oxygen atoms in total. The van der Waals surface area contributed by atoms with Crippen molar-refractivity contribution in [2.75, 3.05) is 17.2 Å². The quantitative estimate of drug-likeness (QED) is 0.734. The molecule has 0 saturated carbocycles. The maximum Gasteiger partial charge on any atom is 0.276 e. The normalized spacial score (nSPS) is 17.9. The van der Waals surface area contributed by atoms with E-state index in [2.05, 4.69) is 27.5 Å². The molecule has 1 aromatic rings. The molecule has 1 unspecified atom stereocenters. The molecule has 1 amide bonds. The van der Waals surface area contributed by atoms with Crippen molar-refractivity contribution in [3.8, 4) is 0 Å². The van der Waals surface area contributed by atoms with E-state index in [4.69, 9.17) is 0 Å². The molecule has 17 heavy (non-hydrogen) atoms. The predicted molar refractivity (Wildman–Crippen MR) is 64.0 cm³/mol. The molecule has 0 aliphatic carbocycles. The van der Waals surface area contributed by atoms with E-state index < -0.39 is 0 Å². The lowest BCUT2D eigenvalue weighted by molar-refractivity contribution is -0.114. The Morgan fingerprint density at radius 1 is 1.59 bits per heavy atom. The van der Waals surface area contributed by atoms with Crippen LogP contribution in [0.4, 0.5) is 11.6 Å². The summed E-state index contributed by atoms with van der Waals surface area (Å²) in [6.45, 7) is 4.20. The number of hydrogen-bond acceptors (Lipinski definition) is 5. The highest BCUT2D eigenvalue weighted by Crippen LogP contribution is 2.19. The number of aromatic nitrogens is 2. The summed E-state index contributed by atoms with van der Waals surface area (Å²) in [6, 6.07) is 0. The molecule has 0 bridgehead atoms. The molecular formula is C11H14N4O2. The summed E-state index contributed by atoms with van der Waals surface area (Å²) in [5.41, 5.74) is 0.295. The fourth-order valence-corrected chi connectivity index (χ4v) is 1.78. The Bertz CT molecular complexity index is 515. The molecule has 0 spiro atoms. The zero-order chi connectivity index (χ0) is 12.4. The van der Waals surface area contributed by atoms with Gasteiger partial charge >= 0.3 is 0 Å². The van der Waals surface area contributed by atoms with E-state index >= 15 is 0 Å². The third kappa shape index (κ3) is 2.58. The van der Waals surface area contributed by atoms with Gasteiger partial charge in [-0.1, -0.05) is 6.92 Å². The van der Waals surface area contributed by atoms with E-state index in [-0.39, 0.29) is 17.3 Å². The van der Waals surface area contributed by atoms with Crippen molar-refractivity contribution in [2.45, 2.75) is 20.3 Å². The average Bonchev–Trinajstić information content (AvgIpc) is 2.40. The lowest BCUT2D eigenvalue weighted by Gasteiger charge is -2.19. The molecule has 0 saturated heterocycles. The Kier molecular flexibility index (Phi) is 3.03. The topological polar surface area (TPSA) is 84.0 Å². The molecule has 0 aromatic carbocycles. The molecule has 1 aromatic heterocycles. The van der Waals surface area contributed by atoms with Gasteiger partial charge in [0.05, 0.1) is 11.8 Å². The predicted octanol–water partition coefficient (Wildman–Crippen LogP) is 0.399. The molecule has 90 valence electrons. The molecular weight excluding hydrogens is 220 g/mol. The van der Waals surface area contributed by atoms with Crippen molar-refractivity contribution in [1.82, 2.24) is 9.97 Å². The van der Waals surface area contributed by atoms with E-state index in [9.17, 15) is 9.59 Å². The van der Waals surface area contributed by atoms with Gasteiger partial charge in [0, 0.05) is 13.5 Å². The van der Waals surface area contributed by atoms with Gasteiger partial charge in [-0.05, 0) is 12.3 Å². The second-order valence-electron chi connectivity index (χ2n) is 4.26. The summed E-state index contributed by atoms with van der Waals surface area (Å²) < 4.78 is 0. The van der Waals surface area contributed by atoms with Gasteiger partial charge in [0.15, 0.2) is 5.82 Å². The van der Waals surface area contributed by atoms with Crippen LogP contribution in [-0.2, 0) is 11.2 Å². The lowest BCUT2D eigenvalue weighted by atomic mass is 9.99. The van der Waals surface area contributed by atoms with Gasteiger partial charge in [-0.25, -0.2) is 9.97 Å². The highest BCUT2D eigenvalue weighted by Gasteiger charge is 2.18. The van der Waals surface area contributed by atoms with Crippen LogP contribution < -0.4 is 16.2 Å². The fraction of sp³-hybridized carbons (Fsp3) is 0.455. The van der Waals surface area contributed by atoms with E-state index in [0.717, 1.165) is 6.54 Å². The third-order valence-electron chi connectivity index (χ3n) is 2.56. The fourth-order valence-electron chi connectivity index (χ4n) is 1.78. The summed E-state index contributed by atoms with van der Waals surface area (Å²) in [4.78, 5) is 30.7. The van der Waals surface area contributed by atoms with Crippen molar-refractivity contribution in [3.05, 3.63) is 22.1 Å². The molecule has 1 aliphatic heterocycles. The number of rotatable bonds is 1. The monoisotopic (exact) mass is 234 g/mol. The van der Waals surface area contributed by atoms with Crippen LogP contribution in [0.1, 0.15) is 19.4 Å². The maximum atomic E-state index is 11.7. The van der Waals surface area contributed by atoms with Crippen LogP contribution in [0.25, 0.3) is 0 Å². The summed E-state index contributed by atoms with van der Waals surface area (Å²) in [7, 11) is 0. The van der Waals surface area contributed by atoms with Crippen molar-refractivity contribution >= 4 is 17.5 Å². The SMILES string of the molecule is CC(=O)Nc1cnc(=O)c2c(n1)NCC(C)C2. The van der Waals surface area contributed by atoms with Crippen molar-refractivity contribution in [3.63, 3.8) is 0 Å². The van der Waals surface area contributed by atoms with E-state index in [1.54, 1.807) is 0 Å². The minimum absolute atomic E-state index is 0.240. The van der Waals surface area contributed by atoms with Crippen LogP contribution in [0.2, 0.25) is 0 Å². The first-order valence-electron chi connectivity index (χ1n) is 5.48. The lowest BCUT2D eigenvalue weighted by Crippen LogP contribution is -2.26. The second-order valence-corrected chi connectivity index (χ2v) is 4.26. The van der Waals surface area contributed by atoms with Gasteiger partial charge in [-0.15, -0.1) is 0 Å². The smallest absolute Gasteiger partial charge is 0.276 e. The number of fused-ring (bicyclic) bond motifs is 1. The van der Waals surface area contributed by atoms with Crippen molar-refractivity contribution in [1.29, 1.82) is 0 Å². The first kappa shape index (κ1) is 11.5. The van der Waals surface area contributed by atoms with Gasteiger partial charge in [-0.2, -0.15) is 0 Å². The van der Waals surface area contributed by atoms with Crippen LogP contribution in [0.5, 0.6) is 0 Å². The highest BCUT2D eigenvalue weighted by molar-refractivity contribution is 5.87. The number of hydrogen-bond donors (Lipinski definition) is 2. The molecule has 2 N–H and O–H groups in total. The van der Waals surface area contributed by atoms with Crippen LogP contribution in [0.3, 0.4) is 0 Å². The summed E-state index contributed by atoms with van der Waals surface area (Å²) in [5, 5.41) is 5.61. The average molecular weight is 234 g/mol. The number of amides is 1. The van der Waals surface area contributed by atoms with Crippen LogP contribution in [0, 0.1) is 5.92 Å². The van der Waals surface area contributed by atoms with Crippen molar-refractivity contribution < 1.29 is 4.79 Å². The Labute approximate surface area is 98.5 Å². The maximum absolute atomic E-state index is 11.7. The summed E-state index contributed by atoms with van der Waals surface area (Å²) >= 11 is 0. The zero-order valence-corrected chi connectivity index (χ0v) is 9.78. The van der Waals surface area contributed by atoms with E-state index in [1.165, 1.54) is 13.1 Å². The third-order valence-corrected chi connectivity index (χ3v) is 2.56. The highest BCUT2D eigenvalue weighted by atomic mass is 16.1. The summed E-state index contributed by atoms with van der Waals surface area (Å²) in [6.07, 6.45) is 1.95. The number of nitrogens with one attached hydrogen (secondary N) is 2. The number of nitrogens with zero attached hydrogens (tertiary/aromatic N) is 2. The Hall–Kier alpha value is -1.98. The summed E-state index contributed by atoms with van der Waals surface area (Å²) in [5.74, 6) is 0.952. The largest absolute Gasteiger partial charge is 0.369 e. The number of anilines is 2. The molecule has 2 rings (SSSR count). The van der Waals surface area contributed by atoms with Crippen LogP contribution >= 0.6 is 0 Å². The van der Waals surface area contributed by atoms with E-state index in [1.807, 2.05) is 0 Å². The van der Waals surface area contributed by atoms with Gasteiger partial charge in [0.25, 0.3) is 5.56 Å². The number of carbonyl (C=O) groups is 1. The Morgan fingerprint density at radius 3 is 3.06 bits per heavy atom. The molecule has 0 fully saturated rings. The minimum Gasteiger partial charge on any atom is -0.369 e. The first-order chi connectivity index (χ1) is 8.06. The Morgan fingerprint density at radius 2 is 2.35 bits per heavy atom. The Balaban J connectivity index is 2.48. The van der Waals surface area contributed by atoms with Crippen molar-refractivity contribution in [2.24, 2.45) is 5.92 Å². The molecule has 2 heterocycles. The number of carbonyl (C=O) groups excluding carboxylic acids is 1. The van der Waals surface area contributed by atoms with Gasteiger partial charge < -0.3 is 10.6 Å². The van der Waals surface area contributed by atoms with Gasteiger partial charge in [0.1, 0.15) is 5.82 Å². The minimum atomic E-state index is -0.289. The van der Waals surface area contributed by atoms with Crippen LogP contribution in [-0.4, -0.2) is 22.4 Å². The first-order valence-corrected chi connectivity index (χ1v) is 5.48. The molecule has 1 aliphatic rings. The molecule has 0 radical (unpaired) electrons. The second kappa shape index (κ2) is 4.48. The van der Waals surface area contributed by atoms with Gasteiger partial charge in [0.2, 0.25) is 5.91 Å². The zero-order valence-electron chi connectivity index (χ0n) is 9.78. The van der Waals surface area contributed by atoms with Crippen LogP contribution in [0.15, 0.2) is 11.0 Å². The molecule has 6 heteroatoms. The van der Waals surface area contributed by atoms with E-state index in [0.29, 0.717) is 23.7 Å².